The average Bonchev–Trinajstić information content (AvgIpc) is 2.89. The van der Waals surface area contributed by atoms with E-state index in [1.165, 1.54) is 37.1 Å². The monoisotopic (exact) mass is 259 g/mol. The first-order chi connectivity index (χ1) is 8.92. The van der Waals surface area contributed by atoms with Crippen molar-refractivity contribution in [2.24, 2.45) is 0 Å². The molecule has 0 saturated heterocycles. The summed E-state index contributed by atoms with van der Waals surface area (Å²) >= 11 is 1.70. The number of benzene rings is 1. The Morgan fingerprint density at radius 2 is 1.78 bits per heavy atom. The van der Waals surface area contributed by atoms with Gasteiger partial charge < -0.3 is 5.32 Å². The van der Waals surface area contributed by atoms with Crippen LogP contribution < -0.4 is 5.32 Å². The van der Waals surface area contributed by atoms with Crippen LogP contribution >= 0.6 is 11.3 Å². The maximum absolute atomic E-state index is 4.34. The van der Waals surface area contributed by atoms with Crippen molar-refractivity contribution in [2.45, 2.75) is 38.0 Å². The van der Waals surface area contributed by atoms with Crippen molar-refractivity contribution in [3.8, 4) is 0 Å². The molecule has 94 valence electrons. The molecule has 0 bridgehead atoms. The molecule has 3 nitrogen and oxygen atoms in total. The molecule has 0 amide bonds. The molecule has 0 spiro atoms. The second-order valence-electron chi connectivity index (χ2n) is 4.77. The van der Waals surface area contributed by atoms with Crippen LogP contribution in [0.4, 0.5) is 10.8 Å². The molecule has 0 aliphatic heterocycles. The average molecular weight is 259 g/mol. The summed E-state index contributed by atoms with van der Waals surface area (Å²) in [4.78, 5) is 0. The van der Waals surface area contributed by atoms with Gasteiger partial charge in [-0.25, -0.2) is 0 Å². The number of anilines is 2. The smallest absolute Gasteiger partial charge is 0.210 e. The van der Waals surface area contributed by atoms with Crippen LogP contribution in [0.1, 0.15) is 43.0 Å². The van der Waals surface area contributed by atoms with E-state index in [9.17, 15) is 0 Å². The molecule has 1 N–H and O–H groups in total. The Hall–Kier alpha value is -1.42. The summed E-state index contributed by atoms with van der Waals surface area (Å²) in [6.07, 6.45) is 6.61. The van der Waals surface area contributed by atoms with Gasteiger partial charge in [0.2, 0.25) is 5.13 Å². The quantitative estimate of drug-likeness (QED) is 0.891. The number of rotatable bonds is 3. The van der Waals surface area contributed by atoms with E-state index >= 15 is 0 Å². The standard InChI is InChI=1S/C14H17N3S/c1-3-7-11(8-4-1)13-16-17-14(18-13)15-12-9-5-2-6-10-12/h2,5-6,9-11H,1,3-4,7-8H2,(H,15,17). The topological polar surface area (TPSA) is 37.8 Å². The van der Waals surface area contributed by atoms with Crippen LogP contribution in [0.3, 0.4) is 0 Å². The normalized spacial score (nSPS) is 16.7. The highest BCUT2D eigenvalue weighted by molar-refractivity contribution is 7.15. The third-order valence-electron chi connectivity index (χ3n) is 3.42. The van der Waals surface area contributed by atoms with Gasteiger partial charge in [-0.1, -0.05) is 48.8 Å². The lowest BCUT2D eigenvalue weighted by atomic mass is 9.90. The number of nitrogens with one attached hydrogen (secondary N) is 1. The molecule has 0 atom stereocenters. The fraction of sp³-hybridized carbons (Fsp3) is 0.429. The van der Waals surface area contributed by atoms with Crippen LogP contribution in [0.25, 0.3) is 0 Å². The van der Waals surface area contributed by atoms with Gasteiger partial charge in [0.25, 0.3) is 0 Å². The van der Waals surface area contributed by atoms with Gasteiger partial charge in [-0.2, -0.15) is 0 Å². The predicted octanol–water partition coefficient (Wildman–Crippen LogP) is 4.33. The first-order valence-electron chi connectivity index (χ1n) is 6.57. The number of hydrogen-bond donors (Lipinski definition) is 1. The molecule has 1 aliphatic carbocycles. The second kappa shape index (κ2) is 5.48. The van der Waals surface area contributed by atoms with E-state index in [-0.39, 0.29) is 0 Å². The third-order valence-corrected chi connectivity index (χ3v) is 4.42. The molecule has 1 heterocycles. The Kier molecular flexibility index (Phi) is 3.55. The Balaban J connectivity index is 1.69. The molecule has 1 saturated carbocycles. The molecular weight excluding hydrogens is 242 g/mol. The minimum Gasteiger partial charge on any atom is -0.330 e. The largest absolute Gasteiger partial charge is 0.330 e. The summed E-state index contributed by atoms with van der Waals surface area (Å²) in [6, 6.07) is 10.1. The third kappa shape index (κ3) is 2.70. The zero-order valence-electron chi connectivity index (χ0n) is 10.3. The SMILES string of the molecule is c1ccc(Nc2nnc(C3CCCCC3)s2)cc1. The van der Waals surface area contributed by atoms with Gasteiger partial charge >= 0.3 is 0 Å². The molecule has 1 aliphatic rings. The molecule has 0 radical (unpaired) electrons. The predicted molar refractivity (Wildman–Crippen MR) is 75.5 cm³/mol. The fourth-order valence-corrected chi connectivity index (χ4v) is 3.38. The number of nitrogens with zero attached hydrogens (tertiary/aromatic N) is 2. The van der Waals surface area contributed by atoms with E-state index in [1.54, 1.807) is 11.3 Å². The highest BCUT2D eigenvalue weighted by Gasteiger charge is 2.19. The maximum Gasteiger partial charge on any atom is 0.210 e. The highest BCUT2D eigenvalue weighted by atomic mass is 32.1. The van der Waals surface area contributed by atoms with Gasteiger partial charge in [0.05, 0.1) is 0 Å². The van der Waals surface area contributed by atoms with Gasteiger partial charge in [0.1, 0.15) is 5.01 Å². The molecule has 0 unspecified atom stereocenters. The maximum atomic E-state index is 4.34. The zero-order chi connectivity index (χ0) is 12.2. The summed E-state index contributed by atoms with van der Waals surface area (Å²) in [5.74, 6) is 0.641. The fourth-order valence-electron chi connectivity index (χ4n) is 2.44. The van der Waals surface area contributed by atoms with E-state index in [0.717, 1.165) is 10.8 Å². The molecule has 3 rings (SSSR count). The van der Waals surface area contributed by atoms with Crippen LogP contribution in [0.2, 0.25) is 0 Å². The van der Waals surface area contributed by atoms with Gasteiger partial charge in [-0.15, -0.1) is 10.2 Å². The summed E-state index contributed by atoms with van der Waals surface area (Å²) < 4.78 is 0. The molecule has 1 aromatic heterocycles. The number of aromatic nitrogens is 2. The first-order valence-corrected chi connectivity index (χ1v) is 7.39. The highest BCUT2D eigenvalue weighted by Crippen LogP contribution is 2.35. The van der Waals surface area contributed by atoms with Crippen molar-refractivity contribution in [1.29, 1.82) is 0 Å². The second-order valence-corrected chi connectivity index (χ2v) is 5.78. The first kappa shape index (κ1) is 11.7. The van der Waals surface area contributed by atoms with Crippen LogP contribution in [0.5, 0.6) is 0 Å². The van der Waals surface area contributed by atoms with Crippen molar-refractivity contribution >= 4 is 22.2 Å². The van der Waals surface area contributed by atoms with Crippen molar-refractivity contribution in [2.75, 3.05) is 5.32 Å². The van der Waals surface area contributed by atoms with Gasteiger partial charge in [0, 0.05) is 11.6 Å². The van der Waals surface area contributed by atoms with Crippen LogP contribution in [-0.2, 0) is 0 Å². The van der Waals surface area contributed by atoms with Crippen molar-refractivity contribution < 1.29 is 0 Å². The minimum absolute atomic E-state index is 0.641. The van der Waals surface area contributed by atoms with Crippen LogP contribution in [0, 0.1) is 0 Å². The molecule has 4 heteroatoms. The van der Waals surface area contributed by atoms with Gasteiger partial charge in [-0.05, 0) is 25.0 Å². The Bertz CT molecular complexity index is 489. The van der Waals surface area contributed by atoms with Gasteiger partial charge in [0.15, 0.2) is 0 Å². The summed E-state index contributed by atoms with van der Waals surface area (Å²) in [6.45, 7) is 0. The Morgan fingerprint density at radius 3 is 2.56 bits per heavy atom. The lowest BCUT2D eigenvalue weighted by Gasteiger charge is -2.18. The van der Waals surface area contributed by atoms with Gasteiger partial charge in [-0.3, -0.25) is 0 Å². The van der Waals surface area contributed by atoms with E-state index in [1.807, 2.05) is 30.3 Å². The van der Waals surface area contributed by atoms with E-state index in [2.05, 4.69) is 15.5 Å². The summed E-state index contributed by atoms with van der Waals surface area (Å²) in [5, 5.41) is 14.0. The van der Waals surface area contributed by atoms with Crippen LogP contribution in [0.15, 0.2) is 30.3 Å². The zero-order valence-corrected chi connectivity index (χ0v) is 11.1. The van der Waals surface area contributed by atoms with Crippen molar-refractivity contribution in [1.82, 2.24) is 10.2 Å². The van der Waals surface area contributed by atoms with Crippen molar-refractivity contribution in [3.05, 3.63) is 35.3 Å². The van der Waals surface area contributed by atoms with E-state index < -0.39 is 0 Å². The van der Waals surface area contributed by atoms with E-state index in [0.29, 0.717) is 5.92 Å². The molecule has 1 aromatic carbocycles. The summed E-state index contributed by atoms with van der Waals surface area (Å²) in [5.41, 5.74) is 1.07. The molecular formula is C14H17N3S. The van der Waals surface area contributed by atoms with Crippen molar-refractivity contribution in [3.63, 3.8) is 0 Å². The minimum atomic E-state index is 0.641. The van der Waals surface area contributed by atoms with E-state index in [4.69, 9.17) is 0 Å². The Labute approximate surface area is 111 Å². The molecule has 1 fully saturated rings. The number of hydrogen-bond acceptors (Lipinski definition) is 4. The summed E-state index contributed by atoms with van der Waals surface area (Å²) in [7, 11) is 0. The van der Waals surface area contributed by atoms with Crippen LogP contribution in [-0.4, -0.2) is 10.2 Å². The molecule has 2 aromatic rings. The molecule has 18 heavy (non-hydrogen) atoms. The lowest BCUT2D eigenvalue weighted by Crippen LogP contribution is -2.03. The Morgan fingerprint density at radius 1 is 1.00 bits per heavy atom. The number of para-hydroxylation sites is 1. The lowest BCUT2D eigenvalue weighted by molar-refractivity contribution is 0.440.